The molecule has 0 saturated carbocycles. The minimum absolute atomic E-state index is 0.231. The van der Waals surface area contributed by atoms with Gasteiger partial charge >= 0.3 is 0 Å². The molecule has 0 amide bonds. The SMILES string of the molecule is CCC1=C(c2ccc(-c3ccccc3)cc2)NC(c2ccccc2)N=C1c1cccc(-c2ccc3c(c2)C2(c4ccccc4Oc4ccccc42)c2ccccc2-3)c1. The van der Waals surface area contributed by atoms with Crippen LogP contribution in [0.25, 0.3) is 39.1 Å². The number of allylic oxidation sites excluding steroid dienone is 1. The summed E-state index contributed by atoms with van der Waals surface area (Å²) in [5.74, 6) is 1.80. The highest BCUT2D eigenvalue weighted by molar-refractivity contribution is 6.17. The Morgan fingerprint density at radius 3 is 1.72 bits per heavy atom. The second kappa shape index (κ2) is 13.8. The maximum atomic E-state index is 6.60. The summed E-state index contributed by atoms with van der Waals surface area (Å²) in [4.78, 5) is 5.49. The van der Waals surface area contributed by atoms with Crippen molar-refractivity contribution in [1.29, 1.82) is 0 Å². The highest BCUT2D eigenvalue weighted by Crippen LogP contribution is 2.62. The molecule has 11 rings (SSSR count). The van der Waals surface area contributed by atoms with Crippen molar-refractivity contribution < 1.29 is 4.74 Å². The summed E-state index contributed by atoms with van der Waals surface area (Å²) in [5, 5.41) is 3.86. The lowest BCUT2D eigenvalue weighted by Gasteiger charge is -2.39. The number of fused-ring (bicyclic) bond motifs is 9. The first-order valence-electron chi connectivity index (χ1n) is 20.2. The molecule has 58 heavy (non-hydrogen) atoms. The molecule has 1 aliphatic carbocycles. The van der Waals surface area contributed by atoms with E-state index < -0.39 is 5.41 Å². The molecule has 3 heteroatoms. The lowest BCUT2D eigenvalue weighted by molar-refractivity contribution is 0.436. The quantitative estimate of drug-likeness (QED) is 0.184. The van der Waals surface area contributed by atoms with E-state index in [0.717, 1.165) is 51.6 Å². The molecule has 3 nitrogen and oxygen atoms in total. The predicted octanol–water partition coefficient (Wildman–Crippen LogP) is 13.4. The number of nitrogens with one attached hydrogen (secondary N) is 1. The Balaban J connectivity index is 1.06. The third-order valence-electron chi connectivity index (χ3n) is 12.2. The molecule has 1 spiro atoms. The number of aliphatic imine (C=N–C) groups is 1. The van der Waals surface area contributed by atoms with Gasteiger partial charge < -0.3 is 10.1 Å². The van der Waals surface area contributed by atoms with E-state index in [1.807, 2.05) is 0 Å². The molecule has 2 heterocycles. The van der Waals surface area contributed by atoms with Gasteiger partial charge in [0.05, 0.1) is 11.1 Å². The summed E-state index contributed by atoms with van der Waals surface area (Å²) in [5.41, 5.74) is 18.4. The fourth-order valence-corrected chi connectivity index (χ4v) is 9.57. The topological polar surface area (TPSA) is 33.6 Å². The van der Waals surface area contributed by atoms with E-state index in [1.54, 1.807) is 0 Å². The van der Waals surface area contributed by atoms with E-state index in [9.17, 15) is 0 Å². The number of ether oxygens (including phenoxy) is 1. The maximum absolute atomic E-state index is 6.60. The Bertz CT molecular complexity index is 2880. The number of nitrogens with zero attached hydrogens (tertiary/aromatic N) is 1. The van der Waals surface area contributed by atoms with Crippen LogP contribution in [-0.2, 0) is 5.41 Å². The fraction of sp³-hybridized carbons (Fsp3) is 0.0727. The van der Waals surface area contributed by atoms with Gasteiger partial charge in [0.15, 0.2) is 0 Å². The monoisotopic (exact) mass is 744 g/mol. The summed E-state index contributed by atoms with van der Waals surface area (Å²) >= 11 is 0. The molecule has 1 atom stereocenters. The highest BCUT2D eigenvalue weighted by Gasteiger charge is 2.51. The lowest BCUT2D eigenvalue weighted by atomic mass is 9.66. The number of hydrogen-bond donors (Lipinski definition) is 1. The third kappa shape index (κ3) is 5.31. The van der Waals surface area contributed by atoms with Gasteiger partial charge in [0.1, 0.15) is 17.7 Å². The van der Waals surface area contributed by atoms with Crippen LogP contribution in [-0.4, -0.2) is 5.71 Å². The maximum Gasteiger partial charge on any atom is 0.145 e. The molecule has 0 bridgehead atoms. The zero-order chi connectivity index (χ0) is 38.6. The van der Waals surface area contributed by atoms with E-state index in [-0.39, 0.29) is 6.17 Å². The van der Waals surface area contributed by atoms with Gasteiger partial charge in [0, 0.05) is 28.0 Å². The zero-order valence-electron chi connectivity index (χ0n) is 32.2. The average molecular weight is 745 g/mol. The van der Waals surface area contributed by atoms with E-state index in [1.165, 1.54) is 55.6 Å². The number of para-hydroxylation sites is 2. The van der Waals surface area contributed by atoms with E-state index in [0.29, 0.717) is 0 Å². The molecular formula is C55H40N2O. The molecule has 276 valence electrons. The molecule has 3 aliphatic rings. The summed E-state index contributed by atoms with van der Waals surface area (Å²) in [7, 11) is 0. The first-order valence-corrected chi connectivity index (χ1v) is 20.2. The van der Waals surface area contributed by atoms with E-state index in [4.69, 9.17) is 9.73 Å². The first-order chi connectivity index (χ1) is 28.7. The van der Waals surface area contributed by atoms with Crippen LogP contribution < -0.4 is 10.1 Å². The standard InChI is InChI=1S/C55H40N2O/c1-2-43-52(38-30-28-37(29-31-38)36-16-5-3-6-17-36)56-54(39-18-7-4-8-19-39)57-53(43)42-21-15-20-40(34-42)41-32-33-45-44-22-9-10-23-46(44)55(49(45)35-41)47-24-11-13-26-50(47)58-51-27-14-12-25-48(51)55/h3-35,54,56H,2H2,1H3. The highest BCUT2D eigenvalue weighted by atomic mass is 16.5. The Kier molecular flexibility index (Phi) is 8.08. The number of rotatable bonds is 6. The average Bonchev–Trinajstić information content (AvgIpc) is 3.59. The minimum atomic E-state index is -0.518. The van der Waals surface area contributed by atoms with Crippen LogP contribution >= 0.6 is 0 Å². The van der Waals surface area contributed by atoms with Crippen LogP contribution in [0.3, 0.4) is 0 Å². The van der Waals surface area contributed by atoms with Gasteiger partial charge in [-0.25, -0.2) is 0 Å². The molecule has 1 unspecified atom stereocenters. The van der Waals surface area contributed by atoms with Gasteiger partial charge in [-0.15, -0.1) is 0 Å². The molecule has 8 aromatic carbocycles. The van der Waals surface area contributed by atoms with Crippen molar-refractivity contribution in [2.75, 3.05) is 0 Å². The van der Waals surface area contributed by atoms with Crippen molar-refractivity contribution in [1.82, 2.24) is 5.32 Å². The molecule has 8 aromatic rings. The van der Waals surface area contributed by atoms with Gasteiger partial charge in [-0.05, 0) is 86.3 Å². The van der Waals surface area contributed by atoms with Crippen molar-refractivity contribution in [2.45, 2.75) is 24.9 Å². The second-order valence-electron chi connectivity index (χ2n) is 15.3. The van der Waals surface area contributed by atoms with Crippen LogP contribution in [0.1, 0.15) is 58.5 Å². The van der Waals surface area contributed by atoms with Gasteiger partial charge in [-0.1, -0.05) is 183 Å². The molecule has 0 saturated heterocycles. The first kappa shape index (κ1) is 34.1. The van der Waals surface area contributed by atoms with Crippen molar-refractivity contribution in [3.05, 3.63) is 245 Å². The number of hydrogen-bond acceptors (Lipinski definition) is 3. The van der Waals surface area contributed by atoms with Crippen LogP contribution in [0.15, 0.2) is 211 Å². The molecule has 1 N–H and O–H groups in total. The minimum Gasteiger partial charge on any atom is -0.457 e. The van der Waals surface area contributed by atoms with Crippen molar-refractivity contribution in [3.8, 4) is 44.9 Å². The Hall–Kier alpha value is -7.23. The van der Waals surface area contributed by atoms with Crippen molar-refractivity contribution in [3.63, 3.8) is 0 Å². The molecule has 2 aliphatic heterocycles. The predicted molar refractivity (Wildman–Crippen MR) is 237 cm³/mol. The van der Waals surface area contributed by atoms with Gasteiger partial charge in [0.2, 0.25) is 0 Å². The summed E-state index contributed by atoms with van der Waals surface area (Å²) < 4.78 is 6.60. The smallest absolute Gasteiger partial charge is 0.145 e. The van der Waals surface area contributed by atoms with Gasteiger partial charge in [-0.2, -0.15) is 0 Å². The van der Waals surface area contributed by atoms with Crippen LogP contribution in [0.5, 0.6) is 11.5 Å². The summed E-state index contributed by atoms with van der Waals surface area (Å²) in [6.45, 7) is 2.23. The fourth-order valence-electron chi connectivity index (χ4n) is 9.57. The van der Waals surface area contributed by atoms with E-state index in [2.05, 4.69) is 212 Å². The van der Waals surface area contributed by atoms with Gasteiger partial charge in [-0.3, -0.25) is 4.99 Å². The molecular weight excluding hydrogens is 705 g/mol. The van der Waals surface area contributed by atoms with Gasteiger partial charge in [0.25, 0.3) is 0 Å². The number of benzene rings is 8. The Morgan fingerprint density at radius 1 is 0.466 bits per heavy atom. The normalized spacial score (nSPS) is 15.7. The van der Waals surface area contributed by atoms with Crippen LogP contribution in [0.2, 0.25) is 0 Å². The lowest BCUT2D eigenvalue weighted by Crippen LogP contribution is -2.32. The molecule has 0 radical (unpaired) electrons. The second-order valence-corrected chi connectivity index (χ2v) is 15.3. The summed E-state index contributed by atoms with van der Waals surface area (Å²) in [6, 6.07) is 72.1. The largest absolute Gasteiger partial charge is 0.457 e. The Labute approximate surface area is 339 Å². The molecule has 0 fully saturated rings. The van der Waals surface area contributed by atoms with Crippen LogP contribution in [0.4, 0.5) is 0 Å². The molecule has 0 aromatic heterocycles. The van der Waals surface area contributed by atoms with E-state index >= 15 is 0 Å². The van der Waals surface area contributed by atoms with Crippen LogP contribution in [0, 0.1) is 0 Å². The van der Waals surface area contributed by atoms with Crippen molar-refractivity contribution >= 4 is 11.4 Å². The van der Waals surface area contributed by atoms with Crippen molar-refractivity contribution in [2.24, 2.45) is 4.99 Å². The third-order valence-corrected chi connectivity index (χ3v) is 12.2. The zero-order valence-corrected chi connectivity index (χ0v) is 32.2. The summed E-state index contributed by atoms with van der Waals surface area (Å²) in [6.07, 6.45) is 0.597. The Morgan fingerprint density at radius 2 is 1.00 bits per heavy atom.